The van der Waals surface area contributed by atoms with Gasteiger partial charge in [-0.15, -0.1) is 0 Å². The fraction of sp³-hybridized carbons (Fsp3) is 0.450. The highest BCUT2D eigenvalue weighted by Crippen LogP contribution is 2.34. The molecule has 0 unspecified atom stereocenters. The zero-order valence-corrected chi connectivity index (χ0v) is 17.5. The van der Waals surface area contributed by atoms with E-state index >= 15 is 0 Å². The summed E-state index contributed by atoms with van der Waals surface area (Å²) >= 11 is 0. The average Bonchev–Trinajstić information content (AvgIpc) is 3.48. The number of hydrogen-bond donors (Lipinski definition) is 3. The minimum Gasteiger partial charge on any atom is -0.475 e. The van der Waals surface area contributed by atoms with Gasteiger partial charge in [0.15, 0.2) is 0 Å². The van der Waals surface area contributed by atoms with E-state index < -0.39 is 12.1 Å². The van der Waals surface area contributed by atoms with E-state index in [1.165, 1.54) is 6.33 Å². The number of aryl methyl sites for hydroxylation is 1. The number of rotatable bonds is 4. The number of ether oxygens (including phenoxy) is 1. The van der Waals surface area contributed by atoms with Crippen molar-refractivity contribution in [2.45, 2.75) is 19.2 Å². The number of alkyl halides is 3. The third-order valence-corrected chi connectivity index (χ3v) is 5.45. The topological polar surface area (TPSA) is 138 Å². The molecule has 2 saturated heterocycles. The number of nitrogens with zero attached hydrogens (tertiary/aromatic N) is 3. The number of carboxylic acid groups (broad SMARTS) is 1. The lowest BCUT2D eigenvalue weighted by Crippen LogP contribution is -2.35. The molecule has 0 aromatic carbocycles. The summed E-state index contributed by atoms with van der Waals surface area (Å²) in [5.41, 5.74) is 1.78. The van der Waals surface area contributed by atoms with Crippen molar-refractivity contribution in [1.82, 2.24) is 25.2 Å². The molecule has 2 amide bonds. The Labute approximate surface area is 186 Å². The lowest BCUT2D eigenvalue weighted by Gasteiger charge is -2.19. The van der Waals surface area contributed by atoms with Crippen LogP contribution in [0.3, 0.4) is 0 Å². The lowest BCUT2D eigenvalue weighted by atomic mass is 9.93. The summed E-state index contributed by atoms with van der Waals surface area (Å²) in [5.74, 6) is -2.54. The van der Waals surface area contributed by atoms with Gasteiger partial charge in [-0.05, 0) is 19.1 Å². The quantitative estimate of drug-likeness (QED) is 0.613. The number of H-pyrrole nitrogens is 1. The Kier molecular flexibility index (Phi) is 7.31. The highest BCUT2D eigenvalue weighted by Gasteiger charge is 2.45. The molecular weight excluding hydrogens is 447 g/mol. The van der Waals surface area contributed by atoms with Crippen molar-refractivity contribution >= 4 is 17.8 Å². The summed E-state index contributed by atoms with van der Waals surface area (Å²) in [4.78, 5) is 46.5. The van der Waals surface area contributed by atoms with Crippen LogP contribution in [-0.4, -0.2) is 81.3 Å². The summed E-state index contributed by atoms with van der Waals surface area (Å²) < 4.78 is 37.6. The maximum absolute atomic E-state index is 12.6. The summed E-state index contributed by atoms with van der Waals surface area (Å²) in [6, 6.07) is 3.47. The number of aromatic amines is 1. The van der Waals surface area contributed by atoms with Crippen molar-refractivity contribution in [2.24, 2.45) is 11.8 Å². The van der Waals surface area contributed by atoms with E-state index in [-0.39, 0.29) is 29.8 Å². The Morgan fingerprint density at radius 3 is 2.64 bits per heavy atom. The minimum atomic E-state index is -5.08. The van der Waals surface area contributed by atoms with Gasteiger partial charge in [-0.2, -0.15) is 13.2 Å². The first-order chi connectivity index (χ1) is 15.6. The van der Waals surface area contributed by atoms with Crippen molar-refractivity contribution < 1.29 is 37.4 Å². The third-order valence-electron chi connectivity index (χ3n) is 5.45. The monoisotopic (exact) mass is 469 g/mol. The number of hydrogen-bond acceptors (Lipinski definition) is 6. The fourth-order valence-corrected chi connectivity index (χ4v) is 3.72. The molecule has 2 aliphatic rings. The summed E-state index contributed by atoms with van der Waals surface area (Å²) in [5, 5.41) is 10.1. The van der Waals surface area contributed by atoms with E-state index in [0.717, 1.165) is 5.69 Å². The molecule has 4 rings (SSSR count). The Balaban J connectivity index is 0.000000383. The van der Waals surface area contributed by atoms with Crippen LogP contribution in [0.25, 0.3) is 0 Å². The predicted octanol–water partition coefficient (Wildman–Crippen LogP) is 1.26. The second-order valence-corrected chi connectivity index (χ2v) is 7.64. The van der Waals surface area contributed by atoms with E-state index in [9.17, 15) is 22.8 Å². The van der Waals surface area contributed by atoms with Gasteiger partial charge in [-0.1, -0.05) is 0 Å². The van der Waals surface area contributed by atoms with Gasteiger partial charge < -0.3 is 25.0 Å². The number of halogens is 3. The molecule has 13 heteroatoms. The highest BCUT2D eigenvalue weighted by atomic mass is 19.4. The summed E-state index contributed by atoms with van der Waals surface area (Å²) in [6.45, 7) is 4.17. The molecule has 0 saturated carbocycles. The molecule has 2 fully saturated rings. The van der Waals surface area contributed by atoms with Gasteiger partial charge in [0.2, 0.25) is 0 Å². The molecule has 2 aromatic rings. The normalized spacial score (nSPS) is 21.7. The van der Waals surface area contributed by atoms with E-state index in [1.54, 1.807) is 29.4 Å². The van der Waals surface area contributed by atoms with E-state index in [1.807, 2.05) is 6.92 Å². The van der Waals surface area contributed by atoms with Gasteiger partial charge in [0.05, 0.1) is 24.6 Å². The molecule has 0 aliphatic carbocycles. The number of nitrogens with one attached hydrogen (secondary N) is 2. The first-order valence-electron chi connectivity index (χ1n) is 9.97. The molecule has 33 heavy (non-hydrogen) atoms. The minimum absolute atomic E-state index is 0.0264. The van der Waals surface area contributed by atoms with Gasteiger partial charge in [0, 0.05) is 49.6 Å². The van der Waals surface area contributed by atoms with Crippen LogP contribution in [-0.2, 0) is 9.53 Å². The second kappa shape index (κ2) is 9.98. The maximum Gasteiger partial charge on any atom is 0.490 e. The Bertz CT molecular complexity index is 997. The van der Waals surface area contributed by atoms with Crippen LogP contribution >= 0.6 is 0 Å². The van der Waals surface area contributed by atoms with Gasteiger partial charge >= 0.3 is 12.1 Å². The van der Waals surface area contributed by atoms with Crippen LogP contribution in [0.2, 0.25) is 0 Å². The number of carbonyl (C=O) groups excluding carboxylic acids is 2. The number of carboxylic acids is 1. The van der Waals surface area contributed by atoms with E-state index in [2.05, 4.69) is 20.3 Å². The number of fused-ring (bicyclic) bond motifs is 1. The largest absolute Gasteiger partial charge is 0.490 e. The number of aromatic nitrogens is 3. The van der Waals surface area contributed by atoms with Crippen LogP contribution in [0.15, 0.2) is 30.9 Å². The number of carbonyl (C=O) groups is 3. The fourth-order valence-electron chi connectivity index (χ4n) is 3.72. The molecule has 2 aliphatic heterocycles. The zero-order valence-electron chi connectivity index (χ0n) is 17.5. The van der Waals surface area contributed by atoms with Crippen LogP contribution in [0.4, 0.5) is 13.2 Å². The predicted molar refractivity (Wildman–Crippen MR) is 106 cm³/mol. The molecule has 10 nitrogen and oxygen atoms in total. The summed E-state index contributed by atoms with van der Waals surface area (Å²) in [7, 11) is 0. The molecular formula is C20H22F3N5O5. The number of aliphatic carboxylic acids is 1. The average molecular weight is 469 g/mol. The molecule has 4 heterocycles. The van der Waals surface area contributed by atoms with Crippen molar-refractivity contribution in [3.8, 4) is 0 Å². The molecule has 0 spiro atoms. The van der Waals surface area contributed by atoms with Gasteiger partial charge in [0.1, 0.15) is 5.69 Å². The number of likely N-dealkylation sites (tertiary alicyclic amines) is 1. The zero-order chi connectivity index (χ0) is 24.2. The van der Waals surface area contributed by atoms with Crippen molar-refractivity contribution in [1.29, 1.82) is 0 Å². The Morgan fingerprint density at radius 1 is 1.33 bits per heavy atom. The van der Waals surface area contributed by atoms with E-state index in [0.29, 0.717) is 37.5 Å². The Hall–Kier alpha value is -3.48. The smallest absolute Gasteiger partial charge is 0.475 e. The van der Waals surface area contributed by atoms with Crippen LogP contribution in [0, 0.1) is 18.8 Å². The molecule has 0 radical (unpaired) electrons. The van der Waals surface area contributed by atoms with Gasteiger partial charge in [-0.3, -0.25) is 14.6 Å². The first-order valence-corrected chi connectivity index (χ1v) is 9.97. The van der Waals surface area contributed by atoms with Crippen LogP contribution in [0.5, 0.6) is 0 Å². The molecule has 2 aromatic heterocycles. The van der Waals surface area contributed by atoms with Gasteiger partial charge in [-0.25, -0.2) is 9.78 Å². The molecule has 3 N–H and O–H groups in total. The Morgan fingerprint density at radius 2 is 2.06 bits per heavy atom. The SMILES string of the molecule is Cc1[nH]cnc1C(=O)N1C[C@@H]2[C@H](CNC(=O)c3cccnc3)CO[C@@H]2C1.O=C(O)C(F)(F)F. The van der Waals surface area contributed by atoms with Gasteiger partial charge in [0.25, 0.3) is 11.8 Å². The van der Waals surface area contributed by atoms with Crippen molar-refractivity contribution in [2.75, 3.05) is 26.2 Å². The second-order valence-electron chi connectivity index (χ2n) is 7.64. The maximum atomic E-state index is 12.6. The summed E-state index contributed by atoms with van der Waals surface area (Å²) in [6.07, 6.45) is -0.339. The van der Waals surface area contributed by atoms with Crippen molar-refractivity contribution in [3.05, 3.63) is 47.8 Å². The molecule has 178 valence electrons. The molecule has 3 atom stereocenters. The standard InChI is InChI=1S/C18H21N5O3.C2HF3O2/c1-11-16(22-10-21-11)18(25)23-7-14-13(9-26-15(14)8-23)6-20-17(24)12-3-2-4-19-5-12;3-2(4,5)1(6)7/h2-5,10,13-15H,6-9H2,1H3,(H,20,24)(H,21,22);(H,6,7)/t13-,14-,15-;/m1./s1. The van der Waals surface area contributed by atoms with Crippen molar-refractivity contribution in [3.63, 3.8) is 0 Å². The lowest BCUT2D eigenvalue weighted by molar-refractivity contribution is -0.192. The van der Waals surface area contributed by atoms with Crippen LogP contribution < -0.4 is 5.32 Å². The number of imidazole rings is 1. The molecule has 0 bridgehead atoms. The van der Waals surface area contributed by atoms with Crippen LogP contribution in [0.1, 0.15) is 26.5 Å². The van der Waals surface area contributed by atoms with E-state index in [4.69, 9.17) is 14.6 Å². The third kappa shape index (κ3) is 5.86. The highest BCUT2D eigenvalue weighted by molar-refractivity contribution is 5.94. The first kappa shape index (κ1) is 24.2. The number of pyridine rings is 1. The number of amides is 2.